The Balaban J connectivity index is 2.18. The highest BCUT2D eigenvalue weighted by molar-refractivity contribution is 5.93. The number of nitrogens with zero attached hydrogens (tertiary/aromatic N) is 1. The lowest BCUT2D eigenvalue weighted by Crippen LogP contribution is -2.36. The number of aromatic hydroxyl groups is 2. The van der Waals surface area contributed by atoms with Crippen LogP contribution in [0.2, 0.25) is 0 Å². The number of hydrogen-bond acceptors (Lipinski definition) is 4. The summed E-state index contributed by atoms with van der Waals surface area (Å²) in [6.45, 7) is 0. The second kappa shape index (κ2) is 3.73. The third-order valence-electron chi connectivity index (χ3n) is 4.63. The minimum atomic E-state index is -0.642. The predicted molar refractivity (Wildman–Crippen MR) is 74.9 cm³/mol. The lowest BCUT2D eigenvalue weighted by Gasteiger charge is -2.43. The molecule has 0 amide bonds. The maximum Gasteiger partial charge on any atom is 0.148 e. The fraction of sp³-hybridized carbons (Fsp3) is 0.312. The summed E-state index contributed by atoms with van der Waals surface area (Å²) >= 11 is 0. The predicted octanol–water partition coefficient (Wildman–Crippen LogP) is 2.93. The summed E-state index contributed by atoms with van der Waals surface area (Å²) in [4.78, 5) is 4.21. The van der Waals surface area contributed by atoms with Crippen molar-refractivity contribution in [2.45, 2.75) is 24.4 Å². The van der Waals surface area contributed by atoms with Gasteiger partial charge >= 0.3 is 0 Å². The zero-order valence-electron chi connectivity index (χ0n) is 11.1. The maximum atomic E-state index is 10.7. The van der Waals surface area contributed by atoms with Crippen molar-refractivity contribution in [2.24, 2.45) is 0 Å². The number of allylic oxidation sites excluding steroid dienone is 1. The Morgan fingerprint density at radius 1 is 1.35 bits per heavy atom. The number of ether oxygens (including phenoxy) is 1. The lowest BCUT2D eigenvalue weighted by molar-refractivity contribution is 0.00450. The molecule has 5 rings (SSSR count). The first-order valence-corrected chi connectivity index (χ1v) is 6.75. The standard InChI is InChI=1S/C16H15NO3/c1-20-16-6-4-9(5-7-16)11-12(16)15(19)13-10(14(11)18)3-2-8-17-13/h2-4,6,8-9,18-19H,5,7H2,1H3/t9-,16+/m1/s1. The highest BCUT2D eigenvalue weighted by Crippen LogP contribution is 2.57. The lowest BCUT2D eigenvalue weighted by atomic mass is 9.67. The number of aromatic nitrogens is 1. The van der Waals surface area contributed by atoms with Crippen LogP contribution in [0.15, 0.2) is 30.5 Å². The van der Waals surface area contributed by atoms with Gasteiger partial charge in [-0.3, -0.25) is 4.98 Å². The van der Waals surface area contributed by atoms with E-state index in [2.05, 4.69) is 11.1 Å². The van der Waals surface area contributed by atoms with Gasteiger partial charge in [-0.05, 0) is 25.0 Å². The Hall–Kier alpha value is -2.07. The van der Waals surface area contributed by atoms with Gasteiger partial charge in [-0.25, -0.2) is 0 Å². The molecule has 20 heavy (non-hydrogen) atoms. The molecule has 2 atom stereocenters. The van der Waals surface area contributed by atoms with Crippen molar-refractivity contribution in [1.29, 1.82) is 0 Å². The van der Waals surface area contributed by atoms with Gasteiger partial charge in [0.2, 0.25) is 0 Å². The third-order valence-corrected chi connectivity index (χ3v) is 4.63. The van der Waals surface area contributed by atoms with E-state index in [4.69, 9.17) is 4.74 Å². The number of fused-ring (bicyclic) bond motifs is 2. The van der Waals surface area contributed by atoms with E-state index in [9.17, 15) is 10.2 Å². The summed E-state index contributed by atoms with van der Waals surface area (Å²) in [6, 6.07) is 3.54. The van der Waals surface area contributed by atoms with Crippen molar-refractivity contribution in [2.75, 3.05) is 7.11 Å². The van der Waals surface area contributed by atoms with Gasteiger partial charge in [0.15, 0.2) is 0 Å². The molecule has 2 bridgehead atoms. The van der Waals surface area contributed by atoms with Gasteiger partial charge in [0, 0.05) is 35.7 Å². The molecule has 0 unspecified atom stereocenters. The van der Waals surface area contributed by atoms with E-state index < -0.39 is 5.60 Å². The van der Waals surface area contributed by atoms with Gasteiger partial charge in [0.1, 0.15) is 22.6 Å². The van der Waals surface area contributed by atoms with Crippen LogP contribution < -0.4 is 0 Å². The van der Waals surface area contributed by atoms with Gasteiger partial charge < -0.3 is 14.9 Å². The van der Waals surface area contributed by atoms with Gasteiger partial charge in [-0.15, -0.1) is 0 Å². The maximum absolute atomic E-state index is 10.7. The second-order valence-corrected chi connectivity index (χ2v) is 5.48. The average Bonchev–Trinajstić information content (AvgIpc) is 2.53. The summed E-state index contributed by atoms with van der Waals surface area (Å²) < 4.78 is 5.69. The van der Waals surface area contributed by atoms with Crippen molar-refractivity contribution in [3.8, 4) is 11.5 Å². The molecule has 2 aromatic rings. The van der Waals surface area contributed by atoms with Crippen molar-refractivity contribution < 1.29 is 14.9 Å². The molecule has 0 saturated carbocycles. The fourth-order valence-corrected chi connectivity index (χ4v) is 3.63. The van der Waals surface area contributed by atoms with Crippen molar-refractivity contribution in [3.63, 3.8) is 0 Å². The number of hydrogen-bond donors (Lipinski definition) is 2. The summed E-state index contributed by atoms with van der Waals surface area (Å²) in [5.74, 6) is 0.484. The van der Waals surface area contributed by atoms with Crippen LogP contribution in [-0.4, -0.2) is 22.3 Å². The smallest absolute Gasteiger partial charge is 0.148 e. The number of phenolic OH excluding ortho intramolecular Hbond substituents is 2. The SMILES string of the molecule is CO[C@@]12C=C[C@H](CC1)c1c2c(O)c2ncccc2c1O. The molecule has 0 fully saturated rings. The largest absolute Gasteiger partial charge is 0.507 e. The highest BCUT2D eigenvalue weighted by Gasteiger charge is 2.45. The van der Waals surface area contributed by atoms with Crippen LogP contribution in [0.4, 0.5) is 0 Å². The number of rotatable bonds is 1. The first-order valence-electron chi connectivity index (χ1n) is 6.75. The fourth-order valence-electron chi connectivity index (χ4n) is 3.63. The Morgan fingerprint density at radius 2 is 2.20 bits per heavy atom. The molecule has 0 saturated heterocycles. The van der Waals surface area contributed by atoms with E-state index >= 15 is 0 Å². The second-order valence-electron chi connectivity index (χ2n) is 5.48. The summed E-state index contributed by atoms with van der Waals surface area (Å²) in [7, 11) is 1.64. The van der Waals surface area contributed by atoms with Crippen molar-refractivity contribution in [3.05, 3.63) is 41.6 Å². The number of pyridine rings is 1. The zero-order chi connectivity index (χ0) is 13.9. The Bertz CT molecular complexity index is 753. The summed E-state index contributed by atoms with van der Waals surface area (Å²) in [5, 5.41) is 21.9. The van der Waals surface area contributed by atoms with Gasteiger partial charge in [0.25, 0.3) is 0 Å². The zero-order valence-corrected chi connectivity index (χ0v) is 11.1. The van der Waals surface area contributed by atoms with E-state index in [1.807, 2.05) is 6.08 Å². The molecule has 1 aromatic heterocycles. The molecular formula is C16H15NO3. The van der Waals surface area contributed by atoms with Crippen molar-refractivity contribution in [1.82, 2.24) is 4.98 Å². The molecule has 4 heteroatoms. The first kappa shape index (κ1) is 11.7. The van der Waals surface area contributed by atoms with Crippen molar-refractivity contribution >= 4 is 10.9 Å². The Morgan fingerprint density at radius 3 is 2.90 bits per heavy atom. The van der Waals surface area contributed by atoms with E-state index in [-0.39, 0.29) is 17.4 Å². The molecular weight excluding hydrogens is 254 g/mol. The number of methoxy groups -OCH3 is 1. The van der Waals surface area contributed by atoms with Crippen LogP contribution in [0.5, 0.6) is 11.5 Å². The average molecular weight is 269 g/mol. The highest BCUT2D eigenvalue weighted by atomic mass is 16.5. The quantitative estimate of drug-likeness (QED) is 0.617. The topological polar surface area (TPSA) is 62.6 Å². The molecule has 4 nitrogen and oxygen atoms in total. The number of phenols is 2. The molecule has 0 aliphatic heterocycles. The monoisotopic (exact) mass is 269 g/mol. The normalized spacial score (nSPS) is 26.9. The van der Waals surface area contributed by atoms with Gasteiger partial charge in [0.05, 0.1) is 0 Å². The van der Waals surface area contributed by atoms with E-state index in [0.717, 1.165) is 18.4 Å². The molecule has 3 aliphatic carbocycles. The Labute approximate surface area is 116 Å². The van der Waals surface area contributed by atoms with Crippen LogP contribution >= 0.6 is 0 Å². The molecule has 1 aromatic carbocycles. The Kier molecular flexibility index (Phi) is 2.19. The van der Waals surface area contributed by atoms with Gasteiger partial charge in [-0.1, -0.05) is 12.2 Å². The van der Waals surface area contributed by atoms with E-state index in [1.54, 1.807) is 25.4 Å². The molecule has 3 aliphatic rings. The summed E-state index contributed by atoms with van der Waals surface area (Å²) in [6.07, 6.45) is 7.40. The first-order chi connectivity index (χ1) is 9.68. The minimum Gasteiger partial charge on any atom is -0.507 e. The van der Waals surface area contributed by atoms with E-state index in [0.29, 0.717) is 16.5 Å². The van der Waals surface area contributed by atoms with Crippen LogP contribution in [0.1, 0.15) is 29.9 Å². The summed E-state index contributed by atoms with van der Waals surface area (Å²) in [5.41, 5.74) is 1.26. The molecule has 1 heterocycles. The molecule has 2 N–H and O–H groups in total. The molecule has 0 spiro atoms. The molecule has 0 radical (unpaired) electrons. The van der Waals surface area contributed by atoms with Crippen LogP contribution in [-0.2, 0) is 10.3 Å². The van der Waals surface area contributed by atoms with Crippen LogP contribution in [0.3, 0.4) is 0 Å². The van der Waals surface area contributed by atoms with E-state index in [1.165, 1.54) is 0 Å². The minimum absolute atomic E-state index is 0.129. The van der Waals surface area contributed by atoms with Crippen LogP contribution in [0, 0.1) is 0 Å². The molecule has 102 valence electrons. The van der Waals surface area contributed by atoms with Crippen LogP contribution in [0.25, 0.3) is 10.9 Å². The number of benzene rings is 1. The third kappa shape index (κ3) is 1.22. The van der Waals surface area contributed by atoms with Gasteiger partial charge in [-0.2, -0.15) is 0 Å².